The summed E-state index contributed by atoms with van der Waals surface area (Å²) in [6, 6.07) is 16.1. The number of anilines is 1. The summed E-state index contributed by atoms with van der Waals surface area (Å²) < 4.78 is 0. The van der Waals surface area contributed by atoms with Crippen molar-refractivity contribution in [2.24, 2.45) is 0 Å². The first-order chi connectivity index (χ1) is 14.6. The van der Waals surface area contributed by atoms with Crippen molar-refractivity contribution in [2.75, 3.05) is 37.6 Å². The van der Waals surface area contributed by atoms with Gasteiger partial charge in [-0.15, -0.1) is 0 Å². The lowest BCUT2D eigenvalue weighted by Gasteiger charge is -2.36. The minimum absolute atomic E-state index is 0.155. The van der Waals surface area contributed by atoms with Gasteiger partial charge in [0.2, 0.25) is 11.8 Å². The Labute approximate surface area is 183 Å². The van der Waals surface area contributed by atoms with Crippen LogP contribution in [0.5, 0.6) is 0 Å². The summed E-state index contributed by atoms with van der Waals surface area (Å²) in [6.07, 6.45) is 2.42. The van der Waals surface area contributed by atoms with Crippen molar-refractivity contribution in [3.8, 4) is 0 Å². The molecule has 0 unspecified atom stereocenters. The van der Waals surface area contributed by atoms with E-state index in [0.717, 1.165) is 49.9 Å². The lowest BCUT2D eigenvalue weighted by Crippen LogP contribution is -2.48. The Balaban J connectivity index is 1.18. The van der Waals surface area contributed by atoms with Crippen molar-refractivity contribution in [1.29, 1.82) is 0 Å². The van der Waals surface area contributed by atoms with Crippen molar-refractivity contribution in [3.63, 3.8) is 0 Å². The van der Waals surface area contributed by atoms with Gasteiger partial charge in [0.15, 0.2) is 0 Å². The van der Waals surface area contributed by atoms with E-state index in [2.05, 4.69) is 23.1 Å². The van der Waals surface area contributed by atoms with Crippen LogP contribution < -0.4 is 4.90 Å². The molecule has 1 fully saturated rings. The summed E-state index contributed by atoms with van der Waals surface area (Å²) in [6.45, 7) is 4.54. The van der Waals surface area contributed by atoms with E-state index in [0.29, 0.717) is 25.8 Å². The third-order valence-electron chi connectivity index (χ3n) is 6.09. The molecule has 0 aromatic heterocycles. The normalized spacial score (nSPS) is 16.4. The van der Waals surface area contributed by atoms with Crippen LogP contribution in [0.4, 0.5) is 5.69 Å². The molecule has 2 aliphatic rings. The number of amides is 2. The largest absolute Gasteiger partial charge is 0.368 e. The summed E-state index contributed by atoms with van der Waals surface area (Å²) in [4.78, 5) is 31.3. The van der Waals surface area contributed by atoms with Crippen LogP contribution in [0.1, 0.15) is 30.4 Å². The molecule has 0 bridgehead atoms. The highest BCUT2D eigenvalue weighted by Gasteiger charge is 2.23. The molecule has 2 aliphatic heterocycles. The molecule has 5 nitrogen and oxygen atoms in total. The summed E-state index contributed by atoms with van der Waals surface area (Å²) >= 11 is 5.96. The summed E-state index contributed by atoms with van der Waals surface area (Å²) in [5, 5.41) is 0.732. The molecule has 4 rings (SSSR count). The van der Waals surface area contributed by atoms with E-state index in [9.17, 15) is 9.59 Å². The second-order valence-electron chi connectivity index (χ2n) is 8.03. The van der Waals surface area contributed by atoms with Gasteiger partial charge in [-0.05, 0) is 48.2 Å². The maximum Gasteiger partial charge on any atom is 0.222 e. The summed E-state index contributed by atoms with van der Waals surface area (Å²) in [5.74, 6) is 0.312. The highest BCUT2D eigenvalue weighted by Crippen LogP contribution is 2.21. The van der Waals surface area contributed by atoms with Gasteiger partial charge in [0, 0.05) is 62.8 Å². The van der Waals surface area contributed by atoms with E-state index in [1.54, 1.807) is 0 Å². The molecular formula is C24H28ClN3O2. The van der Waals surface area contributed by atoms with Gasteiger partial charge in [-0.3, -0.25) is 9.59 Å². The fourth-order valence-corrected chi connectivity index (χ4v) is 4.41. The molecule has 2 aromatic rings. The van der Waals surface area contributed by atoms with E-state index in [1.165, 1.54) is 11.1 Å². The highest BCUT2D eigenvalue weighted by molar-refractivity contribution is 6.30. The van der Waals surface area contributed by atoms with Crippen LogP contribution in [0.3, 0.4) is 0 Å². The number of carbonyl (C=O) groups excluding carboxylic acids is 2. The maximum absolute atomic E-state index is 12.6. The van der Waals surface area contributed by atoms with Gasteiger partial charge in [0.05, 0.1) is 0 Å². The van der Waals surface area contributed by atoms with Crippen molar-refractivity contribution >= 4 is 29.1 Å². The van der Waals surface area contributed by atoms with Crippen LogP contribution in [0.25, 0.3) is 0 Å². The van der Waals surface area contributed by atoms with Crippen LogP contribution in [0.15, 0.2) is 48.5 Å². The molecule has 6 heteroatoms. The van der Waals surface area contributed by atoms with Gasteiger partial charge in [-0.2, -0.15) is 0 Å². The maximum atomic E-state index is 12.6. The van der Waals surface area contributed by atoms with Crippen LogP contribution in [0.2, 0.25) is 5.02 Å². The summed E-state index contributed by atoms with van der Waals surface area (Å²) in [5.41, 5.74) is 3.72. The third kappa shape index (κ3) is 4.96. The second kappa shape index (κ2) is 9.52. The number of halogens is 1. The van der Waals surface area contributed by atoms with Crippen molar-refractivity contribution in [1.82, 2.24) is 9.80 Å². The third-order valence-corrected chi connectivity index (χ3v) is 6.34. The van der Waals surface area contributed by atoms with Gasteiger partial charge in [0.25, 0.3) is 0 Å². The minimum atomic E-state index is 0.155. The SMILES string of the molecule is O=C(CCCC(=O)N1CCc2ccccc2C1)N1CCN(c2ccc(Cl)cc2)CC1. The van der Waals surface area contributed by atoms with Gasteiger partial charge < -0.3 is 14.7 Å². The Hall–Kier alpha value is -2.53. The predicted molar refractivity (Wildman–Crippen MR) is 120 cm³/mol. The first-order valence-corrected chi connectivity index (χ1v) is 11.1. The van der Waals surface area contributed by atoms with Crippen molar-refractivity contribution < 1.29 is 9.59 Å². The van der Waals surface area contributed by atoms with Crippen LogP contribution in [-0.4, -0.2) is 54.3 Å². The Bertz CT molecular complexity index is 892. The van der Waals surface area contributed by atoms with E-state index in [4.69, 9.17) is 11.6 Å². The van der Waals surface area contributed by atoms with Gasteiger partial charge in [0.1, 0.15) is 0 Å². The first-order valence-electron chi connectivity index (χ1n) is 10.7. The van der Waals surface area contributed by atoms with Crippen LogP contribution in [0, 0.1) is 0 Å². The molecule has 1 saturated heterocycles. The molecule has 2 aromatic carbocycles. The number of carbonyl (C=O) groups is 2. The molecule has 0 saturated carbocycles. The molecule has 0 spiro atoms. The Morgan fingerprint density at radius 3 is 2.10 bits per heavy atom. The first kappa shape index (κ1) is 20.7. The van der Waals surface area contributed by atoms with Crippen LogP contribution in [-0.2, 0) is 22.6 Å². The van der Waals surface area contributed by atoms with E-state index >= 15 is 0 Å². The molecule has 0 N–H and O–H groups in total. The average Bonchev–Trinajstić information content (AvgIpc) is 2.79. The highest BCUT2D eigenvalue weighted by atomic mass is 35.5. The minimum Gasteiger partial charge on any atom is -0.368 e. The van der Waals surface area contributed by atoms with Crippen molar-refractivity contribution in [2.45, 2.75) is 32.2 Å². The lowest BCUT2D eigenvalue weighted by molar-refractivity contribution is -0.133. The Morgan fingerprint density at radius 1 is 0.767 bits per heavy atom. The zero-order valence-electron chi connectivity index (χ0n) is 17.2. The molecule has 2 heterocycles. The molecule has 2 amide bonds. The fraction of sp³-hybridized carbons (Fsp3) is 0.417. The molecule has 0 aliphatic carbocycles. The quantitative estimate of drug-likeness (QED) is 0.732. The monoisotopic (exact) mass is 425 g/mol. The van der Waals surface area contributed by atoms with Gasteiger partial charge in [-0.25, -0.2) is 0 Å². The number of piperazine rings is 1. The molecule has 30 heavy (non-hydrogen) atoms. The Morgan fingerprint density at radius 2 is 1.40 bits per heavy atom. The average molecular weight is 426 g/mol. The van der Waals surface area contributed by atoms with Crippen LogP contribution >= 0.6 is 11.6 Å². The molecular weight excluding hydrogens is 398 g/mol. The zero-order chi connectivity index (χ0) is 20.9. The molecule has 0 radical (unpaired) electrons. The second-order valence-corrected chi connectivity index (χ2v) is 8.47. The molecule has 0 atom stereocenters. The standard InChI is InChI=1S/C24H28ClN3O2/c25-21-8-10-22(11-9-21)26-14-16-27(17-15-26)23(29)6-3-7-24(30)28-13-12-19-4-1-2-5-20(19)18-28/h1-2,4-5,8-11H,3,6-7,12-18H2. The molecule has 158 valence electrons. The van der Waals surface area contributed by atoms with E-state index in [1.807, 2.05) is 40.1 Å². The number of fused-ring (bicyclic) bond motifs is 1. The predicted octanol–water partition coefficient (Wildman–Crippen LogP) is 3.74. The number of benzene rings is 2. The van der Waals surface area contributed by atoms with Gasteiger partial charge in [-0.1, -0.05) is 35.9 Å². The zero-order valence-corrected chi connectivity index (χ0v) is 18.0. The smallest absolute Gasteiger partial charge is 0.222 e. The lowest BCUT2D eigenvalue weighted by atomic mass is 9.99. The van der Waals surface area contributed by atoms with E-state index in [-0.39, 0.29) is 11.8 Å². The number of hydrogen-bond donors (Lipinski definition) is 0. The topological polar surface area (TPSA) is 43.9 Å². The Kier molecular flexibility index (Phi) is 6.58. The van der Waals surface area contributed by atoms with Crippen molar-refractivity contribution in [3.05, 3.63) is 64.7 Å². The number of nitrogens with zero attached hydrogens (tertiary/aromatic N) is 3. The fourth-order valence-electron chi connectivity index (χ4n) is 4.28. The van der Waals surface area contributed by atoms with E-state index < -0.39 is 0 Å². The number of rotatable bonds is 5. The number of hydrogen-bond acceptors (Lipinski definition) is 3. The van der Waals surface area contributed by atoms with Gasteiger partial charge >= 0.3 is 0 Å². The summed E-state index contributed by atoms with van der Waals surface area (Å²) in [7, 11) is 0.